The van der Waals surface area contributed by atoms with Crippen LogP contribution in [0, 0.1) is 0 Å². The highest BCUT2D eigenvalue weighted by atomic mass is 32.2. The number of esters is 1. The molecule has 4 nitrogen and oxygen atoms in total. The first-order valence-corrected chi connectivity index (χ1v) is 11.0. The van der Waals surface area contributed by atoms with Crippen LogP contribution in [0.1, 0.15) is 47.0 Å². The number of thioether (sulfide) groups is 1. The number of hydrogen-bond donors (Lipinski definition) is 1. The molecule has 9 heteroatoms. The third-order valence-electron chi connectivity index (χ3n) is 4.97. The number of halogens is 3. The molecular formula is C17H31F3N2O2S2. The zero-order valence-corrected chi connectivity index (χ0v) is 17.9. The van der Waals surface area contributed by atoms with Crippen molar-refractivity contribution in [3.05, 3.63) is 0 Å². The standard InChI is InChI=1S/C17H31F3N2O2S2/c1-6-7-10-22(13-8-12-24-14(13)23)11-9-21-26-17(4,20)15(2,18)16(3,19)25-5/h13,21H,6-12H2,1-5H3. The second kappa shape index (κ2) is 9.89. The molecule has 1 aliphatic rings. The van der Waals surface area contributed by atoms with Gasteiger partial charge < -0.3 is 4.74 Å². The van der Waals surface area contributed by atoms with E-state index in [2.05, 4.69) is 11.6 Å². The number of nitrogens with zero attached hydrogens (tertiary/aromatic N) is 1. The van der Waals surface area contributed by atoms with Gasteiger partial charge in [0.2, 0.25) is 5.00 Å². The molecule has 1 aliphatic heterocycles. The highest BCUT2D eigenvalue weighted by molar-refractivity contribution is 8.00. The van der Waals surface area contributed by atoms with Gasteiger partial charge in [0.1, 0.15) is 6.04 Å². The summed E-state index contributed by atoms with van der Waals surface area (Å²) in [7, 11) is 0. The van der Waals surface area contributed by atoms with Crippen LogP contribution in [0.5, 0.6) is 0 Å². The van der Waals surface area contributed by atoms with Crippen LogP contribution in [-0.2, 0) is 9.53 Å². The SMILES string of the molecule is CCCCN(CCNSC(C)(F)C(C)(F)C(C)(F)SC)C1CCOC1=O. The Balaban J connectivity index is 2.57. The number of rotatable bonds is 12. The minimum absolute atomic E-state index is 0.228. The van der Waals surface area contributed by atoms with Gasteiger partial charge in [0.05, 0.1) is 6.61 Å². The van der Waals surface area contributed by atoms with Crippen molar-refractivity contribution in [1.29, 1.82) is 0 Å². The molecule has 0 radical (unpaired) electrons. The van der Waals surface area contributed by atoms with E-state index in [0.717, 1.165) is 40.2 Å². The summed E-state index contributed by atoms with van der Waals surface area (Å²) in [4.78, 5) is 13.8. The summed E-state index contributed by atoms with van der Waals surface area (Å²) in [5.41, 5.74) is -2.69. The monoisotopic (exact) mass is 416 g/mol. The third-order valence-corrected chi connectivity index (χ3v) is 7.24. The number of ether oxygens (including phenoxy) is 1. The van der Waals surface area contributed by atoms with Crippen LogP contribution in [0.2, 0.25) is 0 Å². The summed E-state index contributed by atoms with van der Waals surface area (Å²) in [6.45, 7) is 7.11. The van der Waals surface area contributed by atoms with Gasteiger partial charge in [-0.1, -0.05) is 13.3 Å². The first kappa shape index (κ1) is 23.9. The molecule has 0 aromatic rings. The van der Waals surface area contributed by atoms with E-state index in [-0.39, 0.29) is 12.0 Å². The van der Waals surface area contributed by atoms with Crippen molar-refractivity contribution in [1.82, 2.24) is 9.62 Å². The van der Waals surface area contributed by atoms with Gasteiger partial charge in [0.15, 0.2) is 10.7 Å². The Morgan fingerprint density at radius 2 is 1.88 bits per heavy atom. The predicted molar refractivity (Wildman–Crippen MR) is 103 cm³/mol. The smallest absolute Gasteiger partial charge is 0.323 e. The van der Waals surface area contributed by atoms with Crippen LogP contribution >= 0.6 is 23.7 Å². The molecule has 0 spiro atoms. The lowest BCUT2D eigenvalue weighted by atomic mass is 9.97. The number of alkyl halides is 3. The van der Waals surface area contributed by atoms with E-state index in [1.54, 1.807) is 0 Å². The molecule has 0 aromatic heterocycles. The summed E-state index contributed by atoms with van der Waals surface area (Å²) in [5, 5.41) is -4.81. The summed E-state index contributed by atoms with van der Waals surface area (Å²) < 4.78 is 51.8. The fourth-order valence-electron chi connectivity index (χ4n) is 2.66. The Hall–Kier alpha value is -0.120. The van der Waals surface area contributed by atoms with E-state index in [1.807, 2.05) is 4.90 Å². The molecule has 0 amide bonds. The van der Waals surface area contributed by atoms with Crippen molar-refractivity contribution in [3.8, 4) is 0 Å². The molecule has 4 atom stereocenters. The Kier molecular flexibility index (Phi) is 9.10. The molecule has 0 bridgehead atoms. The molecule has 1 saturated heterocycles. The number of carbonyl (C=O) groups excluding carboxylic acids is 1. The molecule has 1 N–H and O–H groups in total. The topological polar surface area (TPSA) is 41.6 Å². The van der Waals surface area contributed by atoms with Gasteiger partial charge in [0.25, 0.3) is 0 Å². The Morgan fingerprint density at radius 3 is 2.38 bits per heavy atom. The number of carbonyl (C=O) groups is 1. The predicted octanol–water partition coefficient (Wildman–Crippen LogP) is 4.10. The van der Waals surface area contributed by atoms with Gasteiger partial charge in [-0.25, -0.2) is 13.2 Å². The summed E-state index contributed by atoms with van der Waals surface area (Å²) in [5.74, 6) is -0.228. The lowest BCUT2D eigenvalue weighted by Gasteiger charge is -2.40. The quantitative estimate of drug-likeness (QED) is 0.293. The maximum Gasteiger partial charge on any atom is 0.323 e. The number of nitrogens with one attached hydrogen (secondary N) is 1. The first-order chi connectivity index (χ1) is 12.0. The van der Waals surface area contributed by atoms with Crippen molar-refractivity contribution >= 4 is 29.7 Å². The highest BCUT2D eigenvalue weighted by Crippen LogP contribution is 2.50. The molecular weight excluding hydrogens is 385 g/mol. The van der Waals surface area contributed by atoms with Crippen molar-refractivity contribution < 1.29 is 22.7 Å². The van der Waals surface area contributed by atoms with Gasteiger partial charge in [0, 0.05) is 19.5 Å². The zero-order valence-electron chi connectivity index (χ0n) is 16.2. The van der Waals surface area contributed by atoms with Crippen LogP contribution in [-0.4, -0.2) is 65.1 Å². The second-order valence-corrected chi connectivity index (χ2v) is 9.33. The fraction of sp³-hybridized carbons (Fsp3) is 0.941. The second-order valence-electron chi connectivity index (χ2n) is 6.90. The van der Waals surface area contributed by atoms with Gasteiger partial charge >= 0.3 is 5.97 Å². The molecule has 0 aromatic carbocycles. The van der Waals surface area contributed by atoms with Crippen molar-refractivity contribution in [2.45, 2.75) is 68.7 Å². The van der Waals surface area contributed by atoms with Crippen LogP contribution < -0.4 is 4.72 Å². The molecule has 0 aliphatic carbocycles. The minimum atomic E-state index is -2.69. The van der Waals surface area contributed by atoms with Crippen LogP contribution in [0.25, 0.3) is 0 Å². The van der Waals surface area contributed by atoms with Crippen LogP contribution in [0.15, 0.2) is 0 Å². The molecule has 1 heterocycles. The first-order valence-electron chi connectivity index (χ1n) is 8.93. The maximum absolute atomic E-state index is 14.8. The van der Waals surface area contributed by atoms with Crippen molar-refractivity contribution in [2.24, 2.45) is 0 Å². The number of hydrogen-bond acceptors (Lipinski definition) is 6. The van der Waals surface area contributed by atoms with Crippen molar-refractivity contribution in [3.63, 3.8) is 0 Å². The average Bonchev–Trinajstić information content (AvgIpc) is 2.99. The highest BCUT2D eigenvalue weighted by Gasteiger charge is 2.59. The van der Waals surface area contributed by atoms with E-state index in [9.17, 15) is 18.0 Å². The van der Waals surface area contributed by atoms with Gasteiger partial charge in [-0.2, -0.15) is 0 Å². The molecule has 0 saturated carbocycles. The molecule has 26 heavy (non-hydrogen) atoms. The van der Waals surface area contributed by atoms with E-state index >= 15 is 0 Å². The Labute approximate surface area is 163 Å². The van der Waals surface area contributed by atoms with Gasteiger partial charge in [-0.15, -0.1) is 11.8 Å². The molecule has 4 unspecified atom stereocenters. The Bertz CT molecular complexity index is 465. The number of cyclic esters (lactones) is 1. The molecule has 1 fully saturated rings. The zero-order chi connectivity index (χ0) is 20.0. The van der Waals surface area contributed by atoms with Crippen LogP contribution in [0.4, 0.5) is 13.2 Å². The summed E-state index contributed by atoms with van der Waals surface area (Å²) >= 11 is 1.20. The van der Waals surface area contributed by atoms with E-state index in [0.29, 0.717) is 49.8 Å². The molecule has 1 rings (SSSR count). The van der Waals surface area contributed by atoms with Gasteiger partial charge in [-0.05, 0) is 51.9 Å². The average molecular weight is 417 g/mol. The van der Waals surface area contributed by atoms with E-state index in [1.165, 1.54) is 6.26 Å². The Morgan fingerprint density at radius 1 is 1.23 bits per heavy atom. The number of unbranched alkanes of at least 4 members (excludes halogenated alkanes) is 1. The van der Waals surface area contributed by atoms with E-state index in [4.69, 9.17) is 4.74 Å². The fourth-order valence-corrected chi connectivity index (χ4v) is 4.15. The lowest BCUT2D eigenvalue weighted by Crippen LogP contribution is -2.54. The lowest BCUT2D eigenvalue weighted by molar-refractivity contribution is -0.142. The third kappa shape index (κ3) is 5.69. The largest absolute Gasteiger partial charge is 0.464 e. The minimum Gasteiger partial charge on any atom is -0.464 e. The maximum atomic E-state index is 14.8. The van der Waals surface area contributed by atoms with Gasteiger partial charge in [-0.3, -0.25) is 14.4 Å². The summed E-state index contributed by atoms with van der Waals surface area (Å²) in [6, 6.07) is -0.276. The van der Waals surface area contributed by atoms with Crippen LogP contribution in [0.3, 0.4) is 0 Å². The molecule has 154 valence electrons. The van der Waals surface area contributed by atoms with E-state index < -0.39 is 15.7 Å². The van der Waals surface area contributed by atoms with Crippen molar-refractivity contribution in [2.75, 3.05) is 32.5 Å². The summed E-state index contributed by atoms with van der Waals surface area (Å²) in [6.07, 6.45) is 3.99. The normalized spacial score (nSPS) is 24.8.